The Morgan fingerprint density at radius 3 is 2.50 bits per heavy atom. The van der Waals surface area contributed by atoms with E-state index in [9.17, 15) is 13.6 Å². The van der Waals surface area contributed by atoms with Crippen LogP contribution in [-0.4, -0.2) is 36.2 Å². The first-order valence-electron chi connectivity index (χ1n) is 6.41. The Morgan fingerprint density at radius 1 is 1.30 bits per heavy atom. The van der Waals surface area contributed by atoms with Crippen LogP contribution in [0.4, 0.5) is 8.78 Å². The van der Waals surface area contributed by atoms with Gasteiger partial charge in [-0.1, -0.05) is 12.1 Å². The van der Waals surface area contributed by atoms with Gasteiger partial charge in [-0.2, -0.15) is 8.78 Å². The molecule has 112 valence electrons. The van der Waals surface area contributed by atoms with Gasteiger partial charge >= 0.3 is 6.61 Å². The van der Waals surface area contributed by atoms with Crippen molar-refractivity contribution in [3.05, 3.63) is 29.8 Å². The van der Waals surface area contributed by atoms with Crippen LogP contribution >= 0.6 is 0 Å². The molecule has 0 saturated carbocycles. The number of hydrogen-bond acceptors (Lipinski definition) is 3. The molecule has 0 radical (unpaired) electrons. The van der Waals surface area contributed by atoms with Gasteiger partial charge in [0.1, 0.15) is 5.75 Å². The van der Waals surface area contributed by atoms with Gasteiger partial charge in [0.15, 0.2) is 0 Å². The Bertz CT molecular complexity index is 409. The third kappa shape index (κ3) is 5.97. The number of halogens is 2. The molecule has 0 aromatic heterocycles. The molecule has 1 aromatic carbocycles. The predicted octanol–water partition coefficient (Wildman–Crippen LogP) is 2.41. The van der Waals surface area contributed by atoms with Gasteiger partial charge in [-0.05, 0) is 30.5 Å². The highest BCUT2D eigenvalue weighted by atomic mass is 19.3. The van der Waals surface area contributed by atoms with E-state index in [4.69, 9.17) is 5.11 Å². The average Bonchev–Trinajstić information content (AvgIpc) is 2.40. The van der Waals surface area contributed by atoms with Crippen LogP contribution in [0.1, 0.15) is 24.8 Å². The standard InChI is InChI=1S/C14H19F2NO3/c1-17(13(19)4-2-3-9-18)10-11-5-7-12(8-6-11)20-14(15)16/h5-8,14,18H,2-4,9-10H2,1H3. The summed E-state index contributed by atoms with van der Waals surface area (Å²) in [5, 5.41) is 8.65. The lowest BCUT2D eigenvalue weighted by Crippen LogP contribution is -2.25. The zero-order valence-corrected chi connectivity index (χ0v) is 11.4. The number of aliphatic hydroxyl groups is 1. The molecule has 1 aromatic rings. The van der Waals surface area contributed by atoms with E-state index in [2.05, 4.69) is 4.74 Å². The molecule has 0 aliphatic carbocycles. The number of amides is 1. The summed E-state index contributed by atoms with van der Waals surface area (Å²) >= 11 is 0. The van der Waals surface area contributed by atoms with Crippen LogP contribution in [0, 0.1) is 0 Å². The second kappa shape index (κ2) is 8.47. The van der Waals surface area contributed by atoms with Gasteiger partial charge < -0.3 is 14.7 Å². The minimum Gasteiger partial charge on any atom is -0.435 e. The Balaban J connectivity index is 2.45. The number of hydrogen-bond donors (Lipinski definition) is 1. The van der Waals surface area contributed by atoms with Crippen LogP contribution in [0.25, 0.3) is 0 Å². The molecule has 0 heterocycles. The topological polar surface area (TPSA) is 49.8 Å². The predicted molar refractivity (Wildman–Crippen MR) is 70.5 cm³/mol. The van der Waals surface area contributed by atoms with Gasteiger partial charge in [0, 0.05) is 26.6 Å². The van der Waals surface area contributed by atoms with Crippen LogP contribution in [0.2, 0.25) is 0 Å². The molecule has 6 heteroatoms. The number of aliphatic hydroxyl groups excluding tert-OH is 1. The minimum absolute atomic E-state index is 0.00800. The van der Waals surface area contributed by atoms with Crippen molar-refractivity contribution in [3.8, 4) is 5.75 Å². The number of alkyl halides is 2. The van der Waals surface area contributed by atoms with Crippen molar-refractivity contribution in [3.63, 3.8) is 0 Å². The Labute approximate surface area is 117 Å². The number of ether oxygens (including phenoxy) is 1. The van der Waals surface area contributed by atoms with Crippen LogP contribution < -0.4 is 4.74 Å². The summed E-state index contributed by atoms with van der Waals surface area (Å²) in [6.45, 7) is -2.34. The number of carbonyl (C=O) groups excluding carboxylic acids is 1. The number of benzene rings is 1. The van der Waals surface area contributed by atoms with E-state index in [1.54, 1.807) is 24.1 Å². The first kappa shape index (κ1) is 16.4. The van der Waals surface area contributed by atoms with Gasteiger partial charge in [0.25, 0.3) is 0 Å². The molecule has 0 bridgehead atoms. The van der Waals surface area contributed by atoms with E-state index in [0.717, 1.165) is 5.56 Å². The summed E-state index contributed by atoms with van der Waals surface area (Å²) in [6.07, 6.45) is 1.66. The van der Waals surface area contributed by atoms with E-state index in [0.29, 0.717) is 25.8 Å². The van der Waals surface area contributed by atoms with Gasteiger partial charge in [0.2, 0.25) is 5.91 Å². The lowest BCUT2D eigenvalue weighted by molar-refractivity contribution is -0.130. The maximum Gasteiger partial charge on any atom is 0.387 e. The van der Waals surface area contributed by atoms with E-state index in [1.807, 2.05) is 0 Å². The SMILES string of the molecule is CN(Cc1ccc(OC(F)F)cc1)C(=O)CCCCO. The summed E-state index contributed by atoms with van der Waals surface area (Å²) in [4.78, 5) is 13.3. The summed E-state index contributed by atoms with van der Waals surface area (Å²) in [5.41, 5.74) is 0.838. The highest BCUT2D eigenvalue weighted by molar-refractivity contribution is 5.75. The molecule has 0 saturated heterocycles. The maximum absolute atomic E-state index is 12.0. The molecule has 0 aliphatic heterocycles. The molecule has 0 unspecified atom stereocenters. The number of rotatable bonds is 8. The zero-order valence-electron chi connectivity index (χ0n) is 11.4. The molecular formula is C14H19F2NO3. The van der Waals surface area contributed by atoms with E-state index in [-0.39, 0.29) is 18.3 Å². The first-order chi connectivity index (χ1) is 9.52. The minimum atomic E-state index is -2.84. The van der Waals surface area contributed by atoms with Crippen molar-refractivity contribution in [1.82, 2.24) is 4.90 Å². The quantitative estimate of drug-likeness (QED) is 0.747. The average molecular weight is 287 g/mol. The van der Waals surface area contributed by atoms with Gasteiger partial charge in [0.05, 0.1) is 0 Å². The molecule has 0 fully saturated rings. The number of carbonyl (C=O) groups is 1. The first-order valence-corrected chi connectivity index (χ1v) is 6.41. The highest BCUT2D eigenvalue weighted by Crippen LogP contribution is 2.16. The fraction of sp³-hybridized carbons (Fsp3) is 0.500. The summed E-state index contributed by atoms with van der Waals surface area (Å²) in [5.74, 6) is 0.0898. The van der Waals surface area contributed by atoms with Crippen molar-refractivity contribution in [2.75, 3.05) is 13.7 Å². The number of unbranched alkanes of at least 4 members (excludes halogenated alkanes) is 1. The van der Waals surface area contributed by atoms with E-state index >= 15 is 0 Å². The number of nitrogens with zero attached hydrogens (tertiary/aromatic N) is 1. The lowest BCUT2D eigenvalue weighted by atomic mass is 10.2. The lowest BCUT2D eigenvalue weighted by Gasteiger charge is -2.17. The molecule has 0 atom stereocenters. The maximum atomic E-state index is 12.0. The molecular weight excluding hydrogens is 268 g/mol. The van der Waals surface area contributed by atoms with Crippen LogP contribution in [-0.2, 0) is 11.3 Å². The third-order valence-electron chi connectivity index (χ3n) is 2.79. The third-order valence-corrected chi connectivity index (χ3v) is 2.79. The van der Waals surface area contributed by atoms with Gasteiger partial charge in [-0.25, -0.2) is 0 Å². The van der Waals surface area contributed by atoms with Crippen molar-refractivity contribution in [2.45, 2.75) is 32.4 Å². The molecule has 0 aliphatic rings. The smallest absolute Gasteiger partial charge is 0.387 e. The molecule has 1 N–H and O–H groups in total. The van der Waals surface area contributed by atoms with Crippen LogP contribution in [0.5, 0.6) is 5.75 Å². The molecule has 4 nitrogen and oxygen atoms in total. The van der Waals surface area contributed by atoms with Crippen molar-refractivity contribution >= 4 is 5.91 Å². The summed E-state index contributed by atoms with van der Waals surface area (Å²) < 4.78 is 28.2. The van der Waals surface area contributed by atoms with Gasteiger partial charge in [-0.15, -0.1) is 0 Å². The van der Waals surface area contributed by atoms with Crippen LogP contribution in [0.15, 0.2) is 24.3 Å². The largest absolute Gasteiger partial charge is 0.435 e. The monoisotopic (exact) mass is 287 g/mol. The summed E-state index contributed by atoms with van der Waals surface area (Å²) in [7, 11) is 1.69. The summed E-state index contributed by atoms with van der Waals surface area (Å²) in [6, 6.07) is 6.20. The zero-order chi connectivity index (χ0) is 15.0. The second-order valence-electron chi connectivity index (χ2n) is 4.45. The molecule has 1 amide bonds. The Kier molecular flexibility index (Phi) is 6.93. The van der Waals surface area contributed by atoms with Crippen LogP contribution in [0.3, 0.4) is 0 Å². The Hall–Kier alpha value is -1.69. The molecule has 1 rings (SSSR count). The fourth-order valence-corrected chi connectivity index (χ4v) is 1.72. The van der Waals surface area contributed by atoms with Gasteiger partial charge in [-0.3, -0.25) is 4.79 Å². The normalized spacial score (nSPS) is 10.7. The van der Waals surface area contributed by atoms with E-state index in [1.165, 1.54) is 12.1 Å². The van der Waals surface area contributed by atoms with E-state index < -0.39 is 6.61 Å². The fourth-order valence-electron chi connectivity index (χ4n) is 1.72. The van der Waals surface area contributed by atoms with Crippen molar-refractivity contribution in [2.24, 2.45) is 0 Å². The molecule has 0 spiro atoms. The second-order valence-corrected chi connectivity index (χ2v) is 4.45. The van der Waals surface area contributed by atoms with Crippen molar-refractivity contribution in [1.29, 1.82) is 0 Å². The molecule has 20 heavy (non-hydrogen) atoms. The highest BCUT2D eigenvalue weighted by Gasteiger charge is 2.09. The van der Waals surface area contributed by atoms with Crippen molar-refractivity contribution < 1.29 is 23.4 Å². The Morgan fingerprint density at radius 2 is 1.95 bits per heavy atom.